The van der Waals surface area contributed by atoms with E-state index >= 15 is 0 Å². The van der Waals surface area contributed by atoms with Crippen molar-refractivity contribution in [3.8, 4) is 5.75 Å². The molecule has 1 saturated heterocycles. The highest BCUT2D eigenvalue weighted by molar-refractivity contribution is 7.89. The lowest BCUT2D eigenvalue weighted by Gasteiger charge is -2.35. The predicted molar refractivity (Wildman–Crippen MR) is 106 cm³/mol. The minimum Gasteiger partial charge on any atom is -0.493 e. The Hall–Kier alpha value is -2.71. The van der Waals surface area contributed by atoms with Gasteiger partial charge in [-0.3, -0.25) is 0 Å². The van der Waals surface area contributed by atoms with Gasteiger partial charge in [0, 0.05) is 49.9 Å². The number of piperazine rings is 1. The van der Waals surface area contributed by atoms with Crippen LogP contribution in [0, 0.1) is 0 Å². The largest absolute Gasteiger partial charge is 0.493 e. The van der Waals surface area contributed by atoms with Gasteiger partial charge in [-0.25, -0.2) is 18.4 Å². The summed E-state index contributed by atoms with van der Waals surface area (Å²) in [6, 6.07) is 11.2. The summed E-state index contributed by atoms with van der Waals surface area (Å²) in [6.07, 6.45) is 4.10. The third-order valence-electron chi connectivity index (χ3n) is 5.39. The van der Waals surface area contributed by atoms with E-state index < -0.39 is 10.0 Å². The molecule has 0 bridgehead atoms. The molecule has 0 atom stereocenters. The molecule has 3 heterocycles. The van der Waals surface area contributed by atoms with Gasteiger partial charge in [0.2, 0.25) is 10.0 Å². The average molecular weight is 396 g/mol. The molecule has 0 aliphatic carbocycles. The van der Waals surface area contributed by atoms with E-state index in [1.807, 2.05) is 12.1 Å². The summed E-state index contributed by atoms with van der Waals surface area (Å²) >= 11 is 0. The molecule has 3 aromatic rings. The Kier molecular flexibility index (Phi) is 4.17. The number of fused-ring (bicyclic) bond motifs is 2. The second-order valence-electron chi connectivity index (χ2n) is 7.02. The fourth-order valence-electron chi connectivity index (χ4n) is 3.83. The first-order chi connectivity index (χ1) is 13.6. The lowest BCUT2D eigenvalue weighted by molar-refractivity contribution is 0.356. The fraction of sp³-hybridized carbons (Fsp3) is 0.300. The fourth-order valence-corrected chi connectivity index (χ4v) is 5.30. The molecule has 0 unspecified atom stereocenters. The Balaban J connectivity index is 1.33. The zero-order valence-corrected chi connectivity index (χ0v) is 16.1. The van der Waals surface area contributed by atoms with Crippen molar-refractivity contribution >= 4 is 26.6 Å². The van der Waals surface area contributed by atoms with E-state index in [1.165, 1.54) is 6.33 Å². The van der Waals surface area contributed by atoms with Crippen LogP contribution in [0.2, 0.25) is 0 Å². The highest BCUT2D eigenvalue weighted by atomic mass is 32.2. The second-order valence-corrected chi connectivity index (χ2v) is 8.96. The van der Waals surface area contributed by atoms with Crippen molar-refractivity contribution in [2.45, 2.75) is 11.3 Å². The smallest absolute Gasteiger partial charge is 0.243 e. The highest BCUT2D eigenvalue weighted by Crippen LogP contribution is 2.29. The van der Waals surface area contributed by atoms with E-state index in [-0.39, 0.29) is 0 Å². The molecule has 28 heavy (non-hydrogen) atoms. The van der Waals surface area contributed by atoms with Crippen LogP contribution in [0.25, 0.3) is 10.9 Å². The van der Waals surface area contributed by atoms with Crippen LogP contribution in [-0.2, 0) is 16.4 Å². The number of anilines is 1. The molecule has 7 nitrogen and oxygen atoms in total. The SMILES string of the molecule is O=S(=O)(c1ccc2c(c1)CCO2)N1CCN(c2ccc3ncncc3c2)CC1. The summed E-state index contributed by atoms with van der Waals surface area (Å²) in [5, 5.41) is 0.982. The summed E-state index contributed by atoms with van der Waals surface area (Å²) in [6.45, 7) is 2.83. The number of ether oxygens (including phenoxy) is 1. The van der Waals surface area contributed by atoms with Gasteiger partial charge in [-0.1, -0.05) is 0 Å². The maximum atomic E-state index is 13.1. The summed E-state index contributed by atoms with van der Waals surface area (Å²) in [5.74, 6) is 0.795. The van der Waals surface area contributed by atoms with Gasteiger partial charge in [0.1, 0.15) is 12.1 Å². The van der Waals surface area contributed by atoms with Crippen molar-refractivity contribution in [3.05, 3.63) is 54.5 Å². The van der Waals surface area contributed by atoms with Crippen LogP contribution in [0.3, 0.4) is 0 Å². The molecule has 2 aliphatic rings. The zero-order valence-electron chi connectivity index (χ0n) is 15.3. The van der Waals surface area contributed by atoms with Crippen molar-refractivity contribution in [1.29, 1.82) is 0 Å². The molecule has 5 rings (SSSR count). The molecular formula is C20H20N4O3S. The van der Waals surface area contributed by atoms with Gasteiger partial charge in [-0.15, -0.1) is 0 Å². The molecule has 144 valence electrons. The van der Waals surface area contributed by atoms with E-state index in [1.54, 1.807) is 28.7 Å². The van der Waals surface area contributed by atoms with Gasteiger partial charge in [-0.05, 0) is 42.0 Å². The predicted octanol–water partition coefficient (Wildman–Crippen LogP) is 2.08. The summed E-state index contributed by atoms with van der Waals surface area (Å²) in [7, 11) is -3.49. The molecule has 0 amide bonds. The number of nitrogens with zero attached hydrogens (tertiary/aromatic N) is 4. The minimum absolute atomic E-state index is 0.355. The minimum atomic E-state index is -3.49. The number of rotatable bonds is 3. The van der Waals surface area contributed by atoms with Crippen LogP contribution in [0.4, 0.5) is 5.69 Å². The molecule has 8 heteroatoms. The van der Waals surface area contributed by atoms with E-state index in [0.29, 0.717) is 37.7 Å². The van der Waals surface area contributed by atoms with Crippen LogP contribution in [0.15, 0.2) is 53.8 Å². The Morgan fingerprint density at radius 1 is 1.00 bits per heavy atom. The topological polar surface area (TPSA) is 75.6 Å². The van der Waals surface area contributed by atoms with Gasteiger partial charge >= 0.3 is 0 Å². The molecule has 0 radical (unpaired) electrons. The summed E-state index contributed by atoms with van der Waals surface area (Å²) < 4.78 is 33.2. The second kappa shape index (κ2) is 6.72. The lowest BCUT2D eigenvalue weighted by atomic mass is 10.2. The van der Waals surface area contributed by atoms with Crippen LogP contribution >= 0.6 is 0 Å². The Morgan fingerprint density at radius 2 is 1.86 bits per heavy atom. The van der Waals surface area contributed by atoms with Crippen molar-refractivity contribution < 1.29 is 13.2 Å². The van der Waals surface area contributed by atoms with Gasteiger partial charge in [-0.2, -0.15) is 4.31 Å². The summed E-state index contributed by atoms with van der Waals surface area (Å²) in [5.41, 5.74) is 2.94. The zero-order chi connectivity index (χ0) is 19.1. The number of hydrogen-bond acceptors (Lipinski definition) is 6. The van der Waals surface area contributed by atoms with E-state index in [9.17, 15) is 8.42 Å². The quantitative estimate of drug-likeness (QED) is 0.675. The van der Waals surface area contributed by atoms with Crippen molar-refractivity contribution in [3.63, 3.8) is 0 Å². The standard InChI is InChI=1S/C20H20N4O3S/c25-28(26,18-2-4-20-15(12-18)5-10-27-20)24-8-6-23(7-9-24)17-1-3-19-16(11-17)13-21-14-22-19/h1-4,11-14H,5-10H2. The maximum Gasteiger partial charge on any atom is 0.243 e. The first-order valence-electron chi connectivity index (χ1n) is 9.32. The first-order valence-corrected chi connectivity index (χ1v) is 10.8. The molecule has 2 aromatic carbocycles. The first kappa shape index (κ1) is 17.4. The van der Waals surface area contributed by atoms with Crippen LogP contribution in [0.5, 0.6) is 5.75 Å². The molecule has 1 fully saturated rings. The maximum absolute atomic E-state index is 13.1. The Bertz CT molecular complexity index is 1140. The number of hydrogen-bond donors (Lipinski definition) is 0. The highest BCUT2D eigenvalue weighted by Gasteiger charge is 2.29. The van der Waals surface area contributed by atoms with Crippen molar-refractivity contribution in [2.75, 3.05) is 37.7 Å². The van der Waals surface area contributed by atoms with E-state index in [4.69, 9.17) is 4.74 Å². The molecule has 1 aromatic heterocycles. The molecular weight excluding hydrogens is 376 g/mol. The van der Waals surface area contributed by atoms with Gasteiger partial charge in [0.15, 0.2) is 0 Å². The van der Waals surface area contributed by atoms with Crippen LogP contribution in [0.1, 0.15) is 5.56 Å². The van der Waals surface area contributed by atoms with Crippen molar-refractivity contribution in [1.82, 2.24) is 14.3 Å². The van der Waals surface area contributed by atoms with Gasteiger partial charge in [0.05, 0.1) is 17.0 Å². The lowest BCUT2D eigenvalue weighted by Crippen LogP contribution is -2.48. The Labute approximate surface area is 163 Å². The average Bonchev–Trinajstić information content (AvgIpc) is 3.21. The molecule has 0 saturated carbocycles. The molecule has 2 aliphatic heterocycles. The summed E-state index contributed by atoms with van der Waals surface area (Å²) in [4.78, 5) is 10.9. The number of sulfonamides is 1. The van der Waals surface area contributed by atoms with Crippen LogP contribution in [-0.4, -0.2) is 55.5 Å². The van der Waals surface area contributed by atoms with Crippen LogP contribution < -0.4 is 9.64 Å². The van der Waals surface area contributed by atoms with E-state index in [0.717, 1.165) is 34.3 Å². The third kappa shape index (κ3) is 2.98. The third-order valence-corrected chi connectivity index (χ3v) is 7.29. The number of aromatic nitrogens is 2. The van der Waals surface area contributed by atoms with Gasteiger partial charge in [0.25, 0.3) is 0 Å². The van der Waals surface area contributed by atoms with Crippen molar-refractivity contribution in [2.24, 2.45) is 0 Å². The molecule has 0 N–H and O–H groups in total. The Morgan fingerprint density at radius 3 is 2.71 bits per heavy atom. The number of benzene rings is 2. The van der Waals surface area contributed by atoms with E-state index in [2.05, 4.69) is 20.9 Å². The normalized spacial score (nSPS) is 17.5. The van der Waals surface area contributed by atoms with Gasteiger partial charge < -0.3 is 9.64 Å². The molecule has 0 spiro atoms. The monoisotopic (exact) mass is 396 g/mol.